The first-order valence-electron chi connectivity index (χ1n) is 10.1. The highest BCUT2D eigenvalue weighted by molar-refractivity contribution is 8.00. The summed E-state index contributed by atoms with van der Waals surface area (Å²) in [5.74, 6) is 3.21. The zero-order valence-electron chi connectivity index (χ0n) is 16.8. The third-order valence-corrected chi connectivity index (χ3v) is 6.24. The second-order valence-electron chi connectivity index (χ2n) is 7.40. The Morgan fingerprint density at radius 1 is 1.30 bits per heavy atom. The van der Waals surface area contributed by atoms with Crippen molar-refractivity contribution in [2.75, 3.05) is 36.8 Å². The van der Waals surface area contributed by atoms with Crippen molar-refractivity contribution >= 4 is 23.5 Å². The molecule has 3 rings (SSSR count). The molecule has 2 N–H and O–H groups in total. The topological polar surface area (TPSA) is 61.8 Å². The van der Waals surface area contributed by atoms with Crippen LogP contribution in [0.4, 0.5) is 5.82 Å². The minimum absolute atomic E-state index is 0.242. The lowest BCUT2D eigenvalue weighted by Gasteiger charge is -2.36. The number of rotatable bonds is 6. The van der Waals surface area contributed by atoms with Crippen LogP contribution in [0.1, 0.15) is 39.2 Å². The molecule has 3 heterocycles. The van der Waals surface area contributed by atoms with E-state index in [2.05, 4.69) is 65.2 Å². The lowest BCUT2D eigenvalue weighted by atomic mass is 10.2. The fourth-order valence-electron chi connectivity index (χ4n) is 3.59. The van der Waals surface area contributed by atoms with Crippen LogP contribution < -0.4 is 15.5 Å². The Balaban J connectivity index is 1.54. The summed E-state index contributed by atoms with van der Waals surface area (Å²) in [7, 11) is 0. The molecule has 2 fully saturated rings. The third kappa shape index (κ3) is 6.28. The summed E-state index contributed by atoms with van der Waals surface area (Å²) in [6.45, 7) is 10.6. The van der Waals surface area contributed by atoms with E-state index in [1.54, 1.807) is 0 Å². The van der Waals surface area contributed by atoms with Gasteiger partial charge in [0.2, 0.25) is 0 Å². The number of ether oxygens (including phenoxy) is 1. The molecule has 6 nitrogen and oxygen atoms in total. The summed E-state index contributed by atoms with van der Waals surface area (Å²) >= 11 is 2.06. The Kier molecular flexibility index (Phi) is 7.64. The lowest BCUT2D eigenvalue weighted by molar-refractivity contribution is -0.00545. The van der Waals surface area contributed by atoms with Crippen LogP contribution >= 0.6 is 11.8 Å². The second-order valence-corrected chi connectivity index (χ2v) is 8.81. The summed E-state index contributed by atoms with van der Waals surface area (Å²) in [4.78, 5) is 11.7. The van der Waals surface area contributed by atoms with Gasteiger partial charge < -0.3 is 20.3 Å². The largest absolute Gasteiger partial charge is 0.372 e. The van der Waals surface area contributed by atoms with Gasteiger partial charge in [-0.05, 0) is 51.0 Å². The van der Waals surface area contributed by atoms with Crippen LogP contribution in [0.3, 0.4) is 0 Å². The van der Waals surface area contributed by atoms with Gasteiger partial charge in [-0.2, -0.15) is 11.8 Å². The molecule has 2 aliphatic heterocycles. The van der Waals surface area contributed by atoms with Gasteiger partial charge in [0.1, 0.15) is 5.82 Å². The molecule has 7 heteroatoms. The molecule has 0 bridgehead atoms. The SMILES string of the molecule is CCNC(=NCc1ccc(N2CC(C)OC(C)C2)nc1)NCC1CCCS1. The van der Waals surface area contributed by atoms with Gasteiger partial charge in [0.15, 0.2) is 5.96 Å². The zero-order chi connectivity index (χ0) is 19.1. The predicted octanol–water partition coefficient (Wildman–Crippen LogP) is 2.65. The monoisotopic (exact) mass is 391 g/mol. The summed E-state index contributed by atoms with van der Waals surface area (Å²) < 4.78 is 5.81. The molecule has 0 saturated carbocycles. The molecule has 0 aromatic carbocycles. The Bertz CT molecular complexity index is 593. The molecule has 2 saturated heterocycles. The molecule has 0 aliphatic carbocycles. The third-order valence-electron chi connectivity index (χ3n) is 4.84. The highest BCUT2D eigenvalue weighted by Crippen LogP contribution is 2.25. The quantitative estimate of drug-likeness (QED) is 0.574. The summed E-state index contributed by atoms with van der Waals surface area (Å²) in [5, 5.41) is 7.53. The van der Waals surface area contributed by atoms with Crippen LogP contribution in [0.15, 0.2) is 23.3 Å². The molecule has 150 valence electrons. The Morgan fingerprint density at radius 3 is 2.74 bits per heavy atom. The molecule has 0 amide bonds. The minimum Gasteiger partial charge on any atom is -0.372 e. The standard InChI is InChI=1S/C20H33N5OS/c1-4-21-20(24-12-18-6-5-9-27-18)23-11-17-7-8-19(22-10-17)25-13-15(2)26-16(3)14-25/h7-8,10,15-16,18H,4-6,9,11-14H2,1-3H3,(H2,21,23,24). The lowest BCUT2D eigenvalue weighted by Crippen LogP contribution is -2.45. The molecule has 27 heavy (non-hydrogen) atoms. The predicted molar refractivity (Wildman–Crippen MR) is 115 cm³/mol. The molecular formula is C20H33N5OS. The second kappa shape index (κ2) is 10.2. The maximum Gasteiger partial charge on any atom is 0.191 e. The van der Waals surface area contributed by atoms with Crippen LogP contribution in [0.25, 0.3) is 0 Å². The van der Waals surface area contributed by atoms with Crippen LogP contribution in [0, 0.1) is 0 Å². The van der Waals surface area contributed by atoms with Gasteiger partial charge >= 0.3 is 0 Å². The van der Waals surface area contributed by atoms with Gasteiger partial charge in [-0.1, -0.05) is 6.07 Å². The molecule has 0 radical (unpaired) electrons. The normalized spacial score (nSPS) is 26.3. The van der Waals surface area contributed by atoms with Crippen LogP contribution in [0.5, 0.6) is 0 Å². The van der Waals surface area contributed by atoms with Gasteiger partial charge in [-0.3, -0.25) is 0 Å². The van der Waals surface area contributed by atoms with Crippen molar-refractivity contribution in [1.29, 1.82) is 0 Å². The van der Waals surface area contributed by atoms with E-state index in [1.807, 2.05) is 6.20 Å². The molecule has 2 aliphatic rings. The Morgan fingerprint density at radius 2 is 2.11 bits per heavy atom. The summed E-state index contributed by atoms with van der Waals surface area (Å²) in [6, 6.07) is 4.23. The summed E-state index contributed by atoms with van der Waals surface area (Å²) in [5.41, 5.74) is 1.13. The van der Waals surface area contributed by atoms with Crippen molar-refractivity contribution in [2.24, 2.45) is 4.99 Å². The molecule has 3 atom stereocenters. The number of hydrogen-bond acceptors (Lipinski definition) is 5. The number of pyridine rings is 1. The molecule has 1 aromatic heterocycles. The smallest absolute Gasteiger partial charge is 0.191 e. The highest BCUT2D eigenvalue weighted by Gasteiger charge is 2.23. The molecule has 3 unspecified atom stereocenters. The van der Waals surface area contributed by atoms with E-state index in [-0.39, 0.29) is 12.2 Å². The first-order valence-corrected chi connectivity index (χ1v) is 11.2. The zero-order valence-corrected chi connectivity index (χ0v) is 17.6. The fourth-order valence-corrected chi connectivity index (χ4v) is 4.79. The molecule has 0 spiro atoms. The van der Waals surface area contributed by atoms with Gasteiger partial charge in [0.05, 0.1) is 18.8 Å². The molecular weight excluding hydrogens is 358 g/mol. The van der Waals surface area contributed by atoms with E-state index in [4.69, 9.17) is 9.73 Å². The van der Waals surface area contributed by atoms with Crippen molar-refractivity contribution in [2.45, 2.75) is 57.6 Å². The van der Waals surface area contributed by atoms with E-state index < -0.39 is 0 Å². The average molecular weight is 392 g/mol. The van der Waals surface area contributed by atoms with Crippen molar-refractivity contribution in [1.82, 2.24) is 15.6 Å². The number of anilines is 1. The van der Waals surface area contributed by atoms with Crippen LogP contribution in [-0.2, 0) is 11.3 Å². The number of nitrogens with zero attached hydrogens (tertiary/aromatic N) is 3. The van der Waals surface area contributed by atoms with E-state index in [0.717, 1.165) is 43.5 Å². The van der Waals surface area contributed by atoms with Crippen molar-refractivity contribution in [3.8, 4) is 0 Å². The van der Waals surface area contributed by atoms with Gasteiger partial charge in [0.25, 0.3) is 0 Å². The van der Waals surface area contributed by atoms with Crippen molar-refractivity contribution < 1.29 is 4.74 Å². The number of aliphatic imine (C=N–C) groups is 1. The van der Waals surface area contributed by atoms with Crippen molar-refractivity contribution in [3.05, 3.63) is 23.9 Å². The summed E-state index contributed by atoms with van der Waals surface area (Å²) in [6.07, 6.45) is 5.07. The maximum absolute atomic E-state index is 5.81. The molecule has 1 aromatic rings. The number of guanidine groups is 1. The Labute approximate surface area is 167 Å². The maximum atomic E-state index is 5.81. The average Bonchev–Trinajstić information content (AvgIpc) is 3.17. The number of nitrogens with one attached hydrogen (secondary N) is 2. The number of thioether (sulfide) groups is 1. The first-order chi connectivity index (χ1) is 13.1. The van der Waals surface area contributed by atoms with E-state index in [1.165, 1.54) is 18.6 Å². The first kappa shape index (κ1) is 20.3. The van der Waals surface area contributed by atoms with Crippen LogP contribution in [0.2, 0.25) is 0 Å². The van der Waals surface area contributed by atoms with Gasteiger partial charge in [-0.25, -0.2) is 9.98 Å². The number of hydrogen-bond donors (Lipinski definition) is 2. The van der Waals surface area contributed by atoms with Gasteiger partial charge in [-0.15, -0.1) is 0 Å². The Hall–Kier alpha value is -1.47. The fraction of sp³-hybridized carbons (Fsp3) is 0.700. The van der Waals surface area contributed by atoms with E-state index in [9.17, 15) is 0 Å². The van der Waals surface area contributed by atoms with E-state index in [0.29, 0.717) is 11.8 Å². The van der Waals surface area contributed by atoms with Crippen molar-refractivity contribution in [3.63, 3.8) is 0 Å². The van der Waals surface area contributed by atoms with Gasteiger partial charge in [0, 0.05) is 37.6 Å². The highest BCUT2D eigenvalue weighted by atomic mass is 32.2. The minimum atomic E-state index is 0.242. The number of aromatic nitrogens is 1. The van der Waals surface area contributed by atoms with E-state index >= 15 is 0 Å². The van der Waals surface area contributed by atoms with Crippen LogP contribution in [-0.4, -0.2) is 60.3 Å². The number of morpholine rings is 1.